The quantitative estimate of drug-likeness (QED) is 0.650. The lowest BCUT2D eigenvalue weighted by Gasteiger charge is -2.12. The summed E-state index contributed by atoms with van der Waals surface area (Å²) in [5.74, 6) is -0.857. The molecule has 0 atom stereocenters. The second-order valence-corrected chi connectivity index (χ2v) is 5.77. The van der Waals surface area contributed by atoms with Crippen LogP contribution in [0.3, 0.4) is 0 Å². The molecule has 1 fully saturated rings. The van der Waals surface area contributed by atoms with Crippen LogP contribution in [0, 0.1) is 0 Å². The van der Waals surface area contributed by atoms with E-state index in [1.165, 1.54) is 0 Å². The monoisotopic (exact) mass is 340 g/mol. The Balaban J connectivity index is 1.85. The Morgan fingerprint density at radius 3 is 2.75 bits per heavy atom. The van der Waals surface area contributed by atoms with E-state index in [0.717, 1.165) is 30.2 Å². The van der Waals surface area contributed by atoms with Crippen molar-refractivity contribution in [2.75, 3.05) is 12.3 Å². The van der Waals surface area contributed by atoms with Crippen LogP contribution in [-0.4, -0.2) is 24.5 Å². The number of ether oxygens (including phenoxy) is 1. The summed E-state index contributed by atoms with van der Waals surface area (Å²) in [5, 5.41) is 2.86. The first kappa shape index (κ1) is 14.8. The Kier molecular flexibility index (Phi) is 5.00. The molecule has 6 heteroatoms. The number of nitrogens with one attached hydrogen (secondary N) is 1. The highest BCUT2D eigenvalue weighted by Crippen LogP contribution is 2.19. The Labute approximate surface area is 126 Å². The molecular weight excluding hydrogens is 324 g/mol. The summed E-state index contributed by atoms with van der Waals surface area (Å²) in [5.41, 5.74) is 6.29. The topological polar surface area (TPSA) is 81.4 Å². The molecule has 20 heavy (non-hydrogen) atoms. The average Bonchev–Trinajstić information content (AvgIpc) is 2.91. The van der Waals surface area contributed by atoms with E-state index in [9.17, 15) is 9.59 Å². The third-order valence-corrected chi connectivity index (χ3v) is 3.78. The van der Waals surface area contributed by atoms with Gasteiger partial charge in [0.25, 0.3) is 5.91 Å². The van der Waals surface area contributed by atoms with Crippen molar-refractivity contribution in [2.24, 2.45) is 0 Å². The molecule has 0 aromatic heterocycles. The number of amides is 1. The molecule has 3 N–H and O–H groups in total. The van der Waals surface area contributed by atoms with Crippen LogP contribution in [0.1, 0.15) is 36.0 Å². The van der Waals surface area contributed by atoms with Crippen LogP contribution in [0.4, 0.5) is 5.69 Å². The van der Waals surface area contributed by atoms with Gasteiger partial charge in [0.05, 0.1) is 5.56 Å². The predicted molar refractivity (Wildman–Crippen MR) is 79.2 cm³/mol. The lowest BCUT2D eigenvalue weighted by Crippen LogP contribution is -2.35. The largest absolute Gasteiger partial charge is 0.452 e. The molecule has 1 aliphatic carbocycles. The molecule has 5 nitrogen and oxygen atoms in total. The third kappa shape index (κ3) is 3.96. The van der Waals surface area contributed by atoms with Crippen molar-refractivity contribution in [3.63, 3.8) is 0 Å². The first-order valence-corrected chi connectivity index (χ1v) is 7.37. The molecule has 1 amide bonds. The highest BCUT2D eigenvalue weighted by molar-refractivity contribution is 9.10. The van der Waals surface area contributed by atoms with Gasteiger partial charge in [-0.05, 0) is 31.0 Å². The highest BCUT2D eigenvalue weighted by atomic mass is 79.9. The minimum absolute atomic E-state index is 0.220. The molecule has 0 heterocycles. The van der Waals surface area contributed by atoms with Gasteiger partial charge in [0.1, 0.15) is 0 Å². The van der Waals surface area contributed by atoms with Gasteiger partial charge < -0.3 is 15.8 Å². The number of hydrogen-bond acceptors (Lipinski definition) is 4. The van der Waals surface area contributed by atoms with Gasteiger partial charge in [-0.15, -0.1) is 0 Å². The Morgan fingerprint density at radius 2 is 2.05 bits per heavy atom. The maximum absolute atomic E-state index is 11.9. The summed E-state index contributed by atoms with van der Waals surface area (Å²) >= 11 is 3.26. The molecule has 1 aromatic rings. The molecular formula is C14H17BrN2O3. The number of carbonyl (C=O) groups excluding carboxylic acids is 2. The molecule has 1 aliphatic rings. The van der Waals surface area contributed by atoms with Crippen molar-refractivity contribution in [2.45, 2.75) is 31.7 Å². The number of esters is 1. The number of nitrogen functional groups attached to an aromatic ring is 1. The number of anilines is 1. The zero-order valence-corrected chi connectivity index (χ0v) is 12.6. The number of benzene rings is 1. The van der Waals surface area contributed by atoms with Crippen LogP contribution >= 0.6 is 15.9 Å². The fraction of sp³-hybridized carbons (Fsp3) is 0.429. The summed E-state index contributed by atoms with van der Waals surface area (Å²) in [6.45, 7) is -0.277. The standard InChI is InChI=1S/C14H17BrN2O3/c15-9-5-6-12(16)11(7-9)14(19)20-8-13(18)17-10-3-1-2-4-10/h5-7,10H,1-4,8,16H2,(H,17,18). The molecule has 0 bridgehead atoms. The summed E-state index contributed by atoms with van der Waals surface area (Å²) in [6, 6.07) is 5.14. The lowest BCUT2D eigenvalue weighted by atomic mass is 10.2. The zero-order valence-electron chi connectivity index (χ0n) is 11.0. The van der Waals surface area contributed by atoms with Crippen LogP contribution < -0.4 is 11.1 Å². The fourth-order valence-electron chi connectivity index (χ4n) is 2.25. The molecule has 1 aromatic carbocycles. The van der Waals surface area contributed by atoms with E-state index in [2.05, 4.69) is 21.2 Å². The highest BCUT2D eigenvalue weighted by Gasteiger charge is 2.18. The van der Waals surface area contributed by atoms with Crippen LogP contribution in [0.5, 0.6) is 0 Å². The SMILES string of the molecule is Nc1ccc(Br)cc1C(=O)OCC(=O)NC1CCCC1. The summed E-state index contributed by atoms with van der Waals surface area (Å²) < 4.78 is 5.71. The molecule has 0 spiro atoms. The van der Waals surface area contributed by atoms with Crippen molar-refractivity contribution in [1.82, 2.24) is 5.32 Å². The second-order valence-electron chi connectivity index (χ2n) is 4.86. The van der Waals surface area contributed by atoms with E-state index in [-0.39, 0.29) is 24.1 Å². The number of hydrogen-bond donors (Lipinski definition) is 2. The van der Waals surface area contributed by atoms with Crippen LogP contribution in [0.25, 0.3) is 0 Å². The Morgan fingerprint density at radius 1 is 1.35 bits per heavy atom. The first-order chi connectivity index (χ1) is 9.56. The molecule has 2 rings (SSSR count). The molecule has 0 unspecified atom stereocenters. The number of halogens is 1. The molecule has 1 saturated carbocycles. The normalized spacial score (nSPS) is 15.1. The predicted octanol–water partition coefficient (Wildman–Crippen LogP) is 2.25. The van der Waals surface area contributed by atoms with E-state index >= 15 is 0 Å². The van der Waals surface area contributed by atoms with Gasteiger partial charge in [0.2, 0.25) is 0 Å². The van der Waals surface area contributed by atoms with Crippen LogP contribution in [-0.2, 0) is 9.53 Å². The third-order valence-electron chi connectivity index (χ3n) is 3.29. The Bertz CT molecular complexity index is 513. The van der Waals surface area contributed by atoms with Crippen molar-refractivity contribution >= 4 is 33.5 Å². The van der Waals surface area contributed by atoms with Crippen LogP contribution in [0.2, 0.25) is 0 Å². The number of nitrogens with two attached hydrogens (primary N) is 1. The average molecular weight is 341 g/mol. The maximum atomic E-state index is 11.9. The van der Waals surface area contributed by atoms with E-state index in [4.69, 9.17) is 10.5 Å². The fourth-order valence-corrected chi connectivity index (χ4v) is 2.61. The smallest absolute Gasteiger partial charge is 0.340 e. The van der Waals surface area contributed by atoms with Crippen molar-refractivity contribution in [1.29, 1.82) is 0 Å². The summed E-state index contributed by atoms with van der Waals surface area (Å²) in [4.78, 5) is 23.5. The van der Waals surface area contributed by atoms with Crippen molar-refractivity contribution < 1.29 is 14.3 Å². The van der Waals surface area contributed by atoms with Gasteiger partial charge in [0.15, 0.2) is 6.61 Å². The lowest BCUT2D eigenvalue weighted by molar-refractivity contribution is -0.124. The summed E-state index contributed by atoms with van der Waals surface area (Å²) in [7, 11) is 0. The van der Waals surface area contributed by atoms with Gasteiger partial charge in [-0.2, -0.15) is 0 Å². The number of rotatable bonds is 4. The van der Waals surface area contributed by atoms with Gasteiger partial charge in [0, 0.05) is 16.2 Å². The van der Waals surface area contributed by atoms with Crippen LogP contribution in [0.15, 0.2) is 22.7 Å². The van der Waals surface area contributed by atoms with Gasteiger partial charge >= 0.3 is 5.97 Å². The minimum atomic E-state index is -0.592. The van der Waals surface area contributed by atoms with Gasteiger partial charge in [-0.25, -0.2) is 4.79 Å². The van der Waals surface area contributed by atoms with E-state index < -0.39 is 5.97 Å². The molecule has 0 saturated heterocycles. The zero-order chi connectivity index (χ0) is 14.5. The minimum Gasteiger partial charge on any atom is -0.452 e. The summed E-state index contributed by atoms with van der Waals surface area (Å²) in [6.07, 6.45) is 4.27. The second kappa shape index (κ2) is 6.74. The number of carbonyl (C=O) groups is 2. The molecule has 0 aliphatic heterocycles. The molecule has 0 radical (unpaired) electrons. The van der Waals surface area contributed by atoms with Gasteiger partial charge in [-0.3, -0.25) is 4.79 Å². The first-order valence-electron chi connectivity index (χ1n) is 6.58. The Hall–Kier alpha value is -1.56. The molecule has 108 valence electrons. The van der Waals surface area contributed by atoms with E-state index in [1.54, 1.807) is 18.2 Å². The van der Waals surface area contributed by atoms with E-state index in [0.29, 0.717) is 5.69 Å². The maximum Gasteiger partial charge on any atom is 0.340 e. The van der Waals surface area contributed by atoms with Crippen molar-refractivity contribution in [3.05, 3.63) is 28.2 Å². The van der Waals surface area contributed by atoms with E-state index in [1.807, 2.05) is 0 Å². The van der Waals surface area contributed by atoms with Crippen molar-refractivity contribution in [3.8, 4) is 0 Å². The van der Waals surface area contributed by atoms with Gasteiger partial charge in [-0.1, -0.05) is 28.8 Å².